The minimum absolute atomic E-state index is 0.309. The molecular formula is C14H20N2O3. The Morgan fingerprint density at radius 1 is 1.16 bits per heavy atom. The lowest BCUT2D eigenvalue weighted by Crippen LogP contribution is -2.22. The molecule has 1 N–H and O–H groups in total. The van der Waals surface area contributed by atoms with E-state index in [0.29, 0.717) is 25.5 Å². The van der Waals surface area contributed by atoms with Gasteiger partial charge in [-0.15, -0.1) is 5.10 Å². The molecule has 0 aliphatic heterocycles. The first-order valence-corrected chi connectivity index (χ1v) is 6.33. The van der Waals surface area contributed by atoms with Gasteiger partial charge < -0.3 is 9.47 Å². The van der Waals surface area contributed by atoms with Crippen molar-refractivity contribution in [3.8, 4) is 0 Å². The van der Waals surface area contributed by atoms with Gasteiger partial charge in [-0.2, -0.15) is 0 Å². The highest BCUT2D eigenvalue weighted by atomic mass is 16.6. The summed E-state index contributed by atoms with van der Waals surface area (Å²) in [7, 11) is 0. The normalized spacial score (nSPS) is 11.0. The predicted octanol–water partition coefficient (Wildman–Crippen LogP) is 2.63. The molecular weight excluding hydrogens is 244 g/mol. The number of benzene rings is 1. The average Bonchev–Trinajstić information content (AvgIpc) is 2.39. The van der Waals surface area contributed by atoms with Crippen molar-refractivity contribution in [3.63, 3.8) is 0 Å². The molecule has 0 spiro atoms. The van der Waals surface area contributed by atoms with Crippen LogP contribution < -0.4 is 5.43 Å². The van der Waals surface area contributed by atoms with Crippen molar-refractivity contribution < 1.29 is 14.3 Å². The number of nitrogens with zero attached hydrogens (tertiary/aromatic N) is 1. The zero-order chi connectivity index (χ0) is 14.1. The molecule has 0 saturated heterocycles. The van der Waals surface area contributed by atoms with Crippen LogP contribution in [-0.4, -0.2) is 25.2 Å². The lowest BCUT2D eigenvalue weighted by atomic mass is 10.1. The molecule has 0 aliphatic rings. The number of aryl methyl sites for hydroxylation is 1. The van der Waals surface area contributed by atoms with Gasteiger partial charge in [-0.05, 0) is 26.3 Å². The van der Waals surface area contributed by atoms with E-state index in [2.05, 4.69) is 10.5 Å². The van der Waals surface area contributed by atoms with Crippen molar-refractivity contribution >= 4 is 12.0 Å². The fourth-order valence-corrected chi connectivity index (χ4v) is 1.44. The van der Waals surface area contributed by atoms with Gasteiger partial charge in [0.15, 0.2) is 0 Å². The highest BCUT2D eigenvalue weighted by Crippen LogP contribution is 2.05. The molecule has 0 fully saturated rings. The molecule has 5 heteroatoms. The molecule has 1 aromatic rings. The molecule has 1 aromatic carbocycles. The Bertz CT molecular complexity index is 427. The molecule has 1 amide bonds. The van der Waals surface area contributed by atoms with E-state index < -0.39 is 6.09 Å². The fraction of sp³-hybridized carbons (Fsp3) is 0.429. The smallest absolute Gasteiger partial charge is 0.427 e. The lowest BCUT2D eigenvalue weighted by Gasteiger charge is -2.08. The number of carbonyl (C=O) groups is 1. The number of nitrogens with one attached hydrogen (secondary N) is 1. The van der Waals surface area contributed by atoms with E-state index >= 15 is 0 Å². The lowest BCUT2D eigenvalue weighted by molar-refractivity contribution is 0.152. The molecule has 5 nitrogen and oxygen atoms in total. The Labute approximate surface area is 113 Å². The van der Waals surface area contributed by atoms with Crippen LogP contribution in [0.1, 0.15) is 25.0 Å². The first kappa shape index (κ1) is 15.0. The molecule has 0 saturated carbocycles. The topological polar surface area (TPSA) is 59.9 Å². The molecule has 0 aliphatic carbocycles. The monoisotopic (exact) mass is 264 g/mol. The van der Waals surface area contributed by atoms with Gasteiger partial charge in [0, 0.05) is 0 Å². The van der Waals surface area contributed by atoms with Crippen molar-refractivity contribution in [2.75, 3.05) is 13.2 Å². The van der Waals surface area contributed by atoms with Gasteiger partial charge in [0.05, 0.1) is 19.6 Å². The largest absolute Gasteiger partial charge is 0.480 e. The zero-order valence-corrected chi connectivity index (χ0v) is 11.6. The van der Waals surface area contributed by atoms with Gasteiger partial charge in [0.2, 0.25) is 5.90 Å². The quantitative estimate of drug-likeness (QED) is 0.505. The first-order valence-electron chi connectivity index (χ1n) is 6.33. The molecule has 0 radical (unpaired) electrons. The third-order valence-corrected chi connectivity index (χ3v) is 2.33. The van der Waals surface area contributed by atoms with Gasteiger partial charge in [0.25, 0.3) is 0 Å². The Balaban J connectivity index is 2.63. The van der Waals surface area contributed by atoms with E-state index in [4.69, 9.17) is 9.47 Å². The average molecular weight is 264 g/mol. The van der Waals surface area contributed by atoms with Crippen LogP contribution in [0.25, 0.3) is 0 Å². The second-order valence-electron chi connectivity index (χ2n) is 3.93. The minimum atomic E-state index is -0.580. The number of amides is 1. The summed E-state index contributed by atoms with van der Waals surface area (Å²) in [4.78, 5) is 11.2. The van der Waals surface area contributed by atoms with Gasteiger partial charge in [-0.3, -0.25) is 0 Å². The maximum absolute atomic E-state index is 11.2. The number of hydrazone groups is 1. The summed E-state index contributed by atoms with van der Waals surface area (Å²) in [6, 6.07) is 8.07. The van der Waals surface area contributed by atoms with Crippen molar-refractivity contribution in [1.82, 2.24) is 5.43 Å². The van der Waals surface area contributed by atoms with E-state index in [9.17, 15) is 4.79 Å². The summed E-state index contributed by atoms with van der Waals surface area (Å²) < 4.78 is 10.1. The van der Waals surface area contributed by atoms with E-state index in [1.807, 2.05) is 38.1 Å². The summed E-state index contributed by atoms with van der Waals surface area (Å²) in [6.45, 7) is 6.44. The second-order valence-corrected chi connectivity index (χ2v) is 3.93. The Kier molecular flexibility index (Phi) is 6.43. The third-order valence-electron chi connectivity index (χ3n) is 2.33. The maximum Gasteiger partial charge on any atom is 0.427 e. The van der Waals surface area contributed by atoms with Crippen LogP contribution in [-0.2, 0) is 15.9 Å². The van der Waals surface area contributed by atoms with Gasteiger partial charge >= 0.3 is 6.09 Å². The van der Waals surface area contributed by atoms with Crippen LogP contribution in [0.2, 0.25) is 0 Å². The molecule has 0 aromatic heterocycles. The van der Waals surface area contributed by atoms with Crippen LogP contribution in [0, 0.1) is 6.92 Å². The number of rotatable bonds is 5. The summed E-state index contributed by atoms with van der Waals surface area (Å²) in [6.07, 6.45) is -0.0517. The summed E-state index contributed by atoms with van der Waals surface area (Å²) in [5.74, 6) is 0.458. The van der Waals surface area contributed by atoms with E-state index in [1.165, 1.54) is 5.56 Å². The summed E-state index contributed by atoms with van der Waals surface area (Å²) in [5.41, 5.74) is 4.57. The van der Waals surface area contributed by atoms with Crippen molar-refractivity contribution in [1.29, 1.82) is 0 Å². The molecule has 19 heavy (non-hydrogen) atoms. The molecule has 0 heterocycles. The van der Waals surface area contributed by atoms with Crippen LogP contribution >= 0.6 is 0 Å². The first-order chi connectivity index (χ1) is 9.15. The SMILES string of the molecule is CCOC(=O)N/N=C(/Cc1ccc(C)cc1)OCC. The van der Waals surface area contributed by atoms with Crippen molar-refractivity contribution in [2.24, 2.45) is 5.10 Å². The minimum Gasteiger partial charge on any atom is -0.480 e. The Hall–Kier alpha value is -2.04. The van der Waals surface area contributed by atoms with E-state index in [0.717, 1.165) is 5.56 Å². The summed E-state index contributed by atoms with van der Waals surface area (Å²) >= 11 is 0. The van der Waals surface area contributed by atoms with Gasteiger partial charge in [-0.1, -0.05) is 29.8 Å². The molecule has 1 rings (SSSR count). The highest BCUT2D eigenvalue weighted by molar-refractivity contribution is 5.80. The zero-order valence-electron chi connectivity index (χ0n) is 11.6. The number of hydrogen-bond donors (Lipinski definition) is 1. The maximum atomic E-state index is 11.2. The summed E-state index contributed by atoms with van der Waals surface area (Å²) in [5, 5.41) is 3.92. The van der Waals surface area contributed by atoms with Crippen LogP contribution in [0.15, 0.2) is 29.4 Å². The third kappa shape index (κ3) is 5.90. The van der Waals surface area contributed by atoms with E-state index in [-0.39, 0.29) is 0 Å². The van der Waals surface area contributed by atoms with Crippen LogP contribution in [0.4, 0.5) is 4.79 Å². The number of carbonyl (C=O) groups excluding carboxylic acids is 1. The molecule has 0 bridgehead atoms. The van der Waals surface area contributed by atoms with Crippen LogP contribution in [0.3, 0.4) is 0 Å². The Morgan fingerprint density at radius 2 is 1.79 bits per heavy atom. The van der Waals surface area contributed by atoms with Gasteiger partial charge in [0.1, 0.15) is 0 Å². The highest BCUT2D eigenvalue weighted by Gasteiger charge is 2.04. The molecule has 104 valence electrons. The predicted molar refractivity (Wildman–Crippen MR) is 74.1 cm³/mol. The van der Waals surface area contributed by atoms with Crippen molar-refractivity contribution in [3.05, 3.63) is 35.4 Å². The number of hydrogen-bond acceptors (Lipinski definition) is 4. The van der Waals surface area contributed by atoms with Gasteiger partial charge in [-0.25, -0.2) is 10.2 Å². The Morgan fingerprint density at radius 3 is 2.37 bits per heavy atom. The van der Waals surface area contributed by atoms with Crippen molar-refractivity contribution in [2.45, 2.75) is 27.2 Å². The molecule has 0 atom stereocenters. The fourth-order valence-electron chi connectivity index (χ4n) is 1.44. The molecule has 0 unspecified atom stereocenters. The standard InChI is InChI=1S/C14H20N2O3/c1-4-18-13(15-16-14(17)19-5-2)10-12-8-6-11(3)7-9-12/h6-9H,4-5,10H2,1-3H3,(H,16,17)/b15-13-. The number of ether oxygens (including phenoxy) is 2. The van der Waals surface area contributed by atoms with Crippen LogP contribution in [0.5, 0.6) is 0 Å². The second kappa shape index (κ2) is 8.13. The van der Waals surface area contributed by atoms with E-state index in [1.54, 1.807) is 6.92 Å².